The number of benzene rings is 2. The van der Waals surface area contributed by atoms with Crippen LogP contribution in [0.15, 0.2) is 59.6 Å². The third-order valence-electron chi connectivity index (χ3n) is 4.84. The molecule has 1 unspecified atom stereocenters. The monoisotopic (exact) mass is 425 g/mol. The molecule has 2 amide bonds. The van der Waals surface area contributed by atoms with Crippen molar-refractivity contribution >= 4 is 23.5 Å². The Bertz CT molecular complexity index is 919. The number of aliphatic imine (C=N–C) groups is 1. The second-order valence-electron chi connectivity index (χ2n) is 7.30. The van der Waals surface area contributed by atoms with Gasteiger partial charge in [0.15, 0.2) is 5.96 Å². The molecular weight excluding hydrogens is 397 g/mol. The Hall–Kier alpha value is -3.42. The first kappa shape index (κ1) is 22.3. The molecule has 2 aromatic rings. The first-order valence-corrected chi connectivity index (χ1v) is 10.5. The fourth-order valence-corrected chi connectivity index (χ4v) is 3.43. The maximum atomic E-state index is 13.2. The molecule has 1 aliphatic heterocycles. The molecule has 3 rings (SSSR count). The molecule has 0 aromatic heterocycles. The molecule has 0 aliphatic carbocycles. The Kier molecular flexibility index (Phi) is 7.98. The Morgan fingerprint density at radius 1 is 1.16 bits per heavy atom. The minimum Gasteiger partial charge on any atom is -0.357 e. The van der Waals surface area contributed by atoms with Gasteiger partial charge in [0.2, 0.25) is 11.8 Å². The number of amides is 2. The Labute approximate surface area is 181 Å². The topological polar surface area (TPSA) is 85.8 Å². The molecule has 7 nitrogen and oxygen atoms in total. The van der Waals surface area contributed by atoms with Gasteiger partial charge >= 0.3 is 0 Å². The second kappa shape index (κ2) is 11.1. The van der Waals surface area contributed by atoms with E-state index in [2.05, 4.69) is 20.9 Å². The molecule has 1 saturated heterocycles. The van der Waals surface area contributed by atoms with Crippen LogP contribution in [0.2, 0.25) is 0 Å². The van der Waals surface area contributed by atoms with Crippen LogP contribution in [0.4, 0.5) is 10.1 Å². The number of halogens is 1. The molecule has 1 heterocycles. The highest BCUT2D eigenvalue weighted by Crippen LogP contribution is 2.20. The van der Waals surface area contributed by atoms with E-state index in [0.29, 0.717) is 44.1 Å². The van der Waals surface area contributed by atoms with Gasteiger partial charge in [0.1, 0.15) is 5.82 Å². The number of hydrogen-bond acceptors (Lipinski definition) is 3. The van der Waals surface area contributed by atoms with E-state index in [1.807, 2.05) is 37.3 Å². The number of hydrogen-bond donors (Lipinski definition) is 3. The summed E-state index contributed by atoms with van der Waals surface area (Å²) < 4.78 is 13.2. The Morgan fingerprint density at radius 3 is 2.71 bits per heavy atom. The maximum absolute atomic E-state index is 13.2. The number of guanidine groups is 1. The zero-order valence-corrected chi connectivity index (χ0v) is 17.6. The average molecular weight is 426 g/mol. The van der Waals surface area contributed by atoms with Crippen LogP contribution in [0.25, 0.3) is 0 Å². The molecule has 8 heteroatoms. The lowest BCUT2D eigenvalue weighted by atomic mass is 10.1. The van der Waals surface area contributed by atoms with Gasteiger partial charge in [-0.15, -0.1) is 0 Å². The van der Waals surface area contributed by atoms with Gasteiger partial charge in [-0.25, -0.2) is 4.39 Å². The fourth-order valence-electron chi connectivity index (χ4n) is 3.43. The average Bonchev–Trinajstić information content (AvgIpc) is 3.12. The fraction of sp³-hybridized carbons (Fsp3) is 0.348. The van der Waals surface area contributed by atoms with Crippen molar-refractivity contribution in [3.8, 4) is 0 Å². The minimum absolute atomic E-state index is 0.0481. The lowest BCUT2D eigenvalue weighted by Gasteiger charge is -2.19. The van der Waals surface area contributed by atoms with E-state index < -0.39 is 0 Å². The summed E-state index contributed by atoms with van der Waals surface area (Å²) in [4.78, 5) is 30.7. The third kappa shape index (κ3) is 6.80. The summed E-state index contributed by atoms with van der Waals surface area (Å²) in [5.74, 6) is 0.143. The molecule has 0 radical (unpaired) electrons. The molecular formula is C23H28FN5O2. The SMILES string of the molecule is CCNC(=NCCNC(=O)Cc1cccc(F)c1)NC1CC(=O)N(c2ccccc2)C1. The number of carbonyl (C=O) groups is 2. The van der Waals surface area contributed by atoms with Crippen LogP contribution in [0.1, 0.15) is 18.9 Å². The molecule has 0 bridgehead atoms. The van der Waals surface area contributed by atoms with Gasteiger partial charge < -0.3 is 20.9 Å². The van der Waals surface area contributed by atoms with E-state index in [4.69, 9.17) is 0 Å². The predicted octanol–water partition coefficient (Wildman–Crippen LogP) is 1.84. The number of rotatable bonds is 8. The highest BCUT2D eigenvalue weighted by Gasteiger charge is 2.31. The number of anilines is 1. The molecule has 1 atom stereocenters. The normalized spacial score (nSPS) is 16.3. The summed E-state index contributed by atoms with van der Waals surface area (Å²) in [7, 11) is 0. The zero-order valence-electron chi connectivity index (χ0n) is 17.6. The van der Waals surface area contributed by atoms with E-state index >= 15 is 0 Å². The quantitative estimate of drug-likeness (QED) is 0.342. The summed E-state index contributed by atoms with van der Waals surface area (Å²) in [6.45, 7) is 3.96. The van der Waals surface area contributed by atoms with Gasteiger partial charge in [0.05, 0.1) is 19.0 Å². The van der Waals surface area contributed by atoms with Crippen molar-refractivity contribution in [2.75, 3.05) is 31.1 Å². The lowest BCUT2D eigenvalue weighted by Crippen LogP contribution is -2.45. The van der Waals surface area contributed by atoms with E-state index in [1.165, 1.54) is 12.1 Å². The predicted molar refractivity (Wildman–Crippen MR) is 119 cm³/mol. The minimum atomic E-state index is -0.354. The molecule has 2 aromatic carbocycles. The molecule has 3 N–H and O–H groups in total. The first-order chi connectivity index (χ1) is 15.0. The van der Waals surface area contributed by atoms with Gasteiger partial charge in [0, 0.05) is 31.7 Å². The van der Waals surface area contributed by atoms with Gasteiger partial charge in [-0.3, -0.25) is 14.6 Å². The van der Waals surface area contributed by atoms with Crippen LogP contribution >= 0.6 is 0 Å². The summed E-state index contributed by atoms with van der Waals surface area (Å²) >= 11 is 0. The summed E-state index contributed by atoms with van der Waals surface area (Å²) in [5.41, 5.74) is 1.52. The Balaban J connectivity index is 1.46. The smallest absolute Gasteiger partial charge is 0.229 e. The van der Waals surface area contributed by atoms with Crippen LogP contribution in [0.5, 0.6) is 0 Å². The number of nitrogens with one attached hydrogen (secondary N) is 3. The highest BCUT2D eigenvalue weighted by molar-refractivity contribution is 5.97. The second-order valence-corrected chi connectivity index (χ2v) is 7.30. The Morgan fingerprint density at radius 2 is 1.97 bits per heavy atom. The standard InChI is InChI=1S/C23H28FN5O2/c1-2-25-23(27-12-11-26-21(30)14-17-7-6-8-18(24)13-17)28-19-15-22(31)29(16-19)20-9-4-3-5-10-20/h3-10,13,19H,2,11-12,14-16H2,1H3,(H,26,30)(H2,25,27,28). The van der Waals surface area contributed by atoms with Crippen LogP contribution in [0, 0.1) is 5.82 Å². The zero-order chi connectivity index (χ0) is 22.1. The van der Waals surface area contributed by atoms with E-state index in [0.717, 1.165) is 5.69 Å². The van der Waals surface area contributed by atoms with Crippen LogP contribution in [0.3, 0.4) is 0 Å². The molecule has 31 heavy (non-hydrogen) atoms. The van der Waals surface area contributed by atoms with Crippen molar-refractivity contribution in [2.24, 2.45) is 4.99 Å². The maximum Gasteiger partial charge on any atom is 0.229 e. The van der Waals surface area contributed by atoms with Crippen LogP contribution in [-0.4, -0.2) is 50.0 Å². The highest BCUT2D eigenvalue weighted by atomic mass is 19.1. The molecule has 1 aliphatic rings. The van der Waals surface area contributed by atoms with Crippen LogP contribution in [-0.2, 0) is 16.0 Å². The van der Waals surface area contributed by atoms with E-state index in [-0.39, 0.29) is 30.1 Å². The van der Waals surface area contributed by atoms with Crippen molar-refractivity contribution in [2.45, 2.75) is 25.8 Å². The lowest BCUT2D eigenvalue weighted by molar-refractivity contribution is -0.120. The van der Waals surface area contributed by atoms with Crippen molar-refractivity contribution < 1.29 is 14.0 Å². The van der Waals surface area contributed by atoms with E-state index in [9.17, 15) is 14.0 Å². The van der Waals surface area contributed by atoms with Crippen molar-refractivity contribution in [3.63, 3.8) is 0 Å². The number of carbonyl (C=O) groups excluding carboxylic acids is 2. The summed E-state index contributed by atoms with van der Waals surface area (Å²) in [6, 6.07) is 15.6. The van der Waals surface area contributed by atoms with Gasteiger partial charge in [-0.2, -0.15) is 0 Å². The first-order valence-electron chi connectivity index (χ1n) is 10.5. The van der Waals surface area contributed by atoms with Gasteiger partial charge in [0.25, 0.3) is 0 Å². The molecule has 0 saturated carbocycles. The van der Waals surface area contributed by atoms with Crippen molar-refractivity contribution in [1.82, 2.24) is 16.0 Å². The van der Waals surface area contributed by atoms with E-state index in [1.54, 1.807) is 17.0 Å². The number of para-hydroxylation sites is 1. The third-order valence-corrected chi connectivity index (χ3v) is 4.84. The van der Waals surface area contributed by atoms with Gasteiger partial charge in [-0.05, 0) is 36.8 Å². The summed E-state index contributed by atoms with van der Waals surface area (Å²) in [5, 5.41) is 9.26. The van der Waals surface area contributed by atoms with Crippen molar-refractivity contribution in [1.29, 1.82) is 0 Å². The molecule has 0 spiro atoms. The summed E-state index contributed by atoms with van der Waals surface area (Å²) in [6.07, 6.45) is 0.517. The van der Waals surface area contributed by atoms with Crippen molar-refractivity contribution in [3.05, 3.63) is 66.0 Å². The molecule has 164 valence electrons. The molecule has 1 fully saturated rings. The van der Waals surface area contributed by atoms with Crippen LogP contribution < -0.4 is 20.9 Å². The van der Waals surface area contributed by atoms with Gasteiger partial charge in [-0.1, -0.05) is 30.3 Å². The number of nitrogens with zero attached hydrogens (tertiary/aromatic N) is 2. The largest absolute Gasteiger partial charge is 0.357 e.